The summed E-state index contributed by atoms with van der Waals surface area (Å²) in [7, 11) is 0. The van der Waals surface area contributed by atoms with E-state index in [1.54, 1.807) is 11.8 Å². The molecule has 5 aromatic rings. The largest absolute Gasteiger partial charge is 0.465 e. The standard InChI is InChI=1S/C41H40N2O4/c1-4-46-39(44)38(42-37(32-19-10-6-11-20-32)33-21-12-7-13-22-33)41(47-28-34-23-15-14-16-30(34)3)35-26-29(2)24-25-36(35)43(40(41)45)27-31-17-8-5-9-18-31/h5-26,37-38,42H,4,27-28H2,1-3H3. The number of aryl methyl sites for hydroxylation is 2. The number of anilines is 1. The Hall–Kier alpha value is -5.04. The number of ether oxygens (including phenoxy) is 2. The highest BCUT2D eigenvalue weighted by Crippen LogP contribution is 2.48. The lowest BCUT2D eigenvalue weighted by Gasteiger charge is -2.38. The van der Waals surface area contributed by atoms with Gasteiger partial charge in [0.15, 0.2) is 5.60 Å². The number of carbonyl (C=O) groups excluding carboxylic acids is 2. The summed E-state index contributed by atoms with van der Waals surface area (Å²) in [6.45, 7) is 6.36. The lowest BCUT2D eigenvalue weighted by molar-refractivity contribution is -0.169. The maximum atomic E-state index is 15.3. The predicted octanol–water partition coefficient (Wildman–Crippen LogP) is 7.57. The fourth-order valence-corrected chi connectivity index (χ4v) is 6.42. The van der Waals surface area contributed by atoms with E-state index >= 15 is 4.79 Å². The van der Waals surface area contributed by atoms with Crippen molar-refractivity contribution in [2.24, 2.45) is 0 Å². The maximum absolute atomic E-state index is 15.3. The van der Waals surface area contributed by atoms with Gasteiger partial charge in [0.2, 0.25) is 0 Å². The molecule has 1 heterocycles. The first-order valence-corrected chi connectivity index (χ1v) is 16.1. The molecule has 0 saturated carbocycles. The van der Waals surface area contributed by atoms with Crippen LogP contribution in [0.25, 0.3) is 0 Å². The molecule has 0 spiro atoms. The fraction of sp³-hybridized carbons (Fsp3) is 0.220. The molecule has 1 aliphatic rings. The molecule has 1 aliphatic heterocycles. The van der Waals surface area contributed by atoms with Gasteiger partial charge in [-0.3, -0.25) is 14.9 Å². The molecule has 0 aliphatic carbocycles. The Kier molecular flexibility index (Phi) is 9.62. The second-order valence-corrected chi connectivity index (χ2v) is 12.0. The van der Waals surface area contributed by atoms with Gasteiger partial charge in [0, 0.05) is 5.56 Å². The molecule has 0 saturated heterocycles. The highest BCUT2D eigenvalue weighted by atomic mass is 16.5. The van der Waals surface area contributed by atoms with Crippen molar-refractivity contribution >= 4 is 17.6 Å². The zero-order chi connectivity index (χ0) is 32.8. The van der Waals surface area contributed by atoms with Gasteiger partial charge in [0.05, 0.1) is 31.5 Å². The topological polar surface area (TPSA) is 67.9 Å². The fourth-order valence-electron chi connectivity index (χ4n) is 6.42. The average molecular weight is 625 g/mol. The summed E-state index contributed by atoms with van der Waals surface area (Å²) in [5, 5.41) is 3.63. The summed E-state index contributed by atoms with van der Waals surface area (Å²) >= 11 is 0. The smallest absolute Gasteiger partial charge is 0.327 e. The molecule has 2 atom stereocenters. The van der Waals surface area contributed by atoms with Crippen molar-refractivity contribution in [2.75, 3.05) is 11.5 Å². The molecule has 0 fully saturated rings. The van der Waals surface area contributed by atoms with E-state index in [1.165, 1.54) is 0 Å². The summed E-state index contributed by atoms with van der Waals surface area (Å²) in [4.78, 5) is 31.4. The van der Waals surface area contributed by atoms with Crippen LogP contribution in [0.4, 0.5) is 5.69 Å². The van der Waals surface area contributed by atoms with Crippen LogP contribution in [0.2, 0.25) is 0 Å². The maximum Gasteiger partial charge on any atom is 0.327 e. The molecule has 47 heavy (non-hydrogen) atoms. The van der Waals surface area contributed by atoms with Crippen LogP contribution in [0.1, 0.15) is 51.9 Å². The molecule has 1 N–H and O–H groups in total. The lowest BCUT2D eigenvalue weighted by Crippen LogP contribution is -2.60. The summed E-state index contributed by atoms with van der Waals surface area (Å²) in [6, 6.07) is 42.0. The Balaban J connectivity index is 1.55. The number of hydrogen-bond donors (Lipinski definition) is 1. The Labute approximate surface area is 277 Å². The SMILES string of the molecule is CCOC(=O)C(NC(c1ccccc1)c1ccccc1)C1(OCc2ccccc2C)C(=O)N(Cc2ccccc2)c2ccc(C)cc21. The lowest BCUT2D eigenvalue weighted by atomic mass is 9.84. The van der Waals surface area contributed by atoms with Crippen LogP contribution in [0.15, 0.2) is 133 Å². The van der Waals surface area contributed by atoms with E-state index in [0.717, 1.165) is 33.4 Å². The quantitative estimate of drug-likeness (QED) is 0.145. The molecular weight excluding hydrogens is 584 g/mol. The molecule has 238 valence electrons. The van der Waals surface area contributed by atoms with Gasteiger partial charge in [-0.15, -0.1) is 0 Å². The van der Waals surface area contributed by atoms with Gasteiger partial charge in [-0.1, -0.05) is 133 Å². The minimum atomic E-state index is -1.74. The molecule has 5 aromatic carbocycles. The number of nitrogens with zero attached hydrogens (tertiary/aromatic N) is 1. The van der Waals surface area contributed by atoms with E-state index in [-0.39, 0.29) is 19.1 Å². The summed E-state index contributed by atoms with van der Waals surface area (Å²) in [6.07, 6.45) is 0. The van der Waals surface area contributed by atoms with E-state index in [2.05, 4.69) is 5.32 Å². The summed E-state index contributed by atoms with van der Waals surface area (Å²) < 4.78 is 12.8. The van der Waals surface area contributed by atoms with E-state index in [4.69, 9.17) is 9.47 Å². The minimum absolute atomic E-state index is 0.115. The van der Waals surface area contributed by atoms with Crippen molar-refractivity contribution in [3.8, 4) is 0 Å². The van der Waals surface area contributed by atoms with Crippen LogP contribution in [-0.2, 0) is 37.8 Å². The van der Waals surface area contributed by atoms with E-state index in [1.807, 2.05) is 147 Å². The van der Waals surface area contributed by atoms with Crippen molar-refractivity contribution in [3.05, 3.63) is 172 Å². The van der Waals surface area contributed by atoms with Crippen LogP contribution < -0.4 is 10.2 Å². The Morgan fingerprint density at radius 3 is 2.00 bits per heavy atom. The second kappa shape index (κ2) is 14.2. The minimum Gasteiger partial charge on any atom is -0.465 e. The molecule has 0 bridgehead atoms. The number of rotatable bonds is 12. The van der Waals surface area contributed by atoms with Crippen molar-refractivity contribution in [1.82, 2.24) is 5.32 Å². The number of esters is 1. The molecule has 0 aromatic heterocycles. The van der Waals surface area contributed by atoms with Crippen LogP contribution in [-0.4, -0.2) is 24.5 Å². The monoisotopic (exact) mass is 624 g/mol. The zero-order valence-corrected chi connectivity index (χ0v) is 27.1. The Morgan fingerprint density at radius 1 is 0.787 bits per heavy atom. The summed E-state index contributed by atoms with van der Waals surface area (Å²) in [5.41, 5.74) is 5.37. The second-order valence-electron chi connectivity index (χ2n) is 12.0. The van der Waals surface area contributed by atoms with Crippen LogP contribution in [0.3, 0.4) is 0 Å². The van der Waals surface area contributed by atoms with Gasteiger partial charge in [0.1, 0.15) is 6.04 Å². The summed E-state index contributed by atoms with van der Waals surface area (Å²) in [5.74, 6) is -0.877. The van der Waals surface area contributed by atoms with Crippen LogP contribution >= 0.6 is 0 Å². The third kappa shape index (κ3) is 6.48. The number of carbonyl (C=O) groups is 2. The van der Waals surface area contributed by atoms with Gasteiger partial charge in [-0.25, -0.2) is 0 Å². The van der Waals surface area contributed by atoms with Crippen molar-refractivity contribution in [3.63, 3.8) is 0 Å². The number of benzene rings is 5. The number of fused-ring (bicyclic) bond motifs is 1. The van der Waals surface area contributed by atoms with Crippen molar-refractivity contribution in [1.29, 1.82) is 0 Å². The zero-order valence-electron chi connectivity index (χ0n) is 27.1. The molecule has 6 nitrogen and oxygen atoms in total. The third-order valence-corrected chi connectivity index (χ3v) is 8.83. The normalized spacial score (nSPS) is 16.3. The highest BCUT2D eigenvalue weighted by molar-refractivity contribution is 6.10. The first kappa shape index (κ1) is 31.9. The molecule has 0 radical (unpaired) electrons. The molecule has 6 rings (SSSR count). The van der Waals surface area contributed by atoms with E-state index < -0.39 is 23.7 Å². The Bertz CT molecular complexity index is 1790. The predicted molar refractivity (Wildman–Crippen MR) is 185 cm³/mol. The van der Waals surface area contributed by atoms with Gasteiger partial charge in [0.25, 0.3) is 5.91 Å². The molecule has 2 unspecified atom stereocenters. The number of nitrogens with one attached hydrogen (secondary N) is 1. The first-order chi connectivity index (χ1) is 22.9. The number of amides is 1. The van der Waals surface area contributed by atoms with E-state index in [0.29, 0.717) is 17.8 Å². The average Bonchev–Trinajstić information content (AvgIpc) is 3.32. The molecule has 1 amide bonds. The van der Waals surface area contributed by atoms with Gasteiger partial charge in [-0.05, 0) is 54.7 Å². The first-order valence-electron chi connectivity index (χ1n) is 16.1. The van der Waals surface area contributed by atoms with Crippen molar-refractivity contribution in [2.45, 2.75) is 51.6 Å². The highest BCUT2D eigenvalue weighted by Gasteiger charge is 2.60. The van der Waals surface area contributed by atoms with Gasteiger partial charge < -0.3 is 14.4 Å². The Morgan fingerprint density at radius 2 is 1.38 bits per heavy atom. The third-order valence-electron chi connectivity index (χ3n) is 8.83. The van der Waals surface area contributed by atoms with E-state index in [9.17, 15) is 4.79 Å². The van der Waals surface area contributed by atoms with Crippen LogP contribution in [0.5, 0.6) is 0 Å². The molecule has 6 heteroatoms. The van der Waals surface area contributed by atoms with Gasteiger partial charge in [-0.2, -0.15) is 0 Å². The number of hydrogen-bond acceptors (Lipinski definition) is 5. The molecular formula is C41H40N2O4. The van der Waals surface area contributed by atoms with Crippen molar-refractivity contribution < 1.29 is 19.1 Å². The van der Waals surface area contributed by atoms with Gasteiger partial charge >= 0.3 is 5.97 Å². The van der Waals surface area contributed by atoms with Crippen LogP contribution in [0, 0.1) is 13.8 Å².